The van der Waals surface area contributed by atoms with E-state index in [1.807, 2.05) is 0 Å². The van der Waals surface area contributed by atoms with Gasteiger partial charge in [-0.15, -0.1) is 0 Å². The van der Waals surface area contributed by atoms with Gasteiger partial charge in [-0.25, -0.2) is 0 Å². The zero-order chi connectivity index (χ0) is 10.8. The van der Waals surface area contributed by atoms with Crippen molar-refractivity contribution in [1.82, 2.24) is 0 Å². The third-order valence-corrected chi connectivity index (χ3v) is 1.96. The molecule has 0 aromatic heterocycles. The molecule has 0 saturated heterocycles. The second kappa shape index (κ2) is 3.98. The van der Waals surface area contributed by atoms with Crippen LogP contribution < -0.4 is 11.5 Å². The largest absolute Gasteiger partial charge is 0.407 e. The molecule has 0 aliphatic carbocycles. The van der Waals surface area contributed by atoms with Crippen LogP contribution in [0, 0.1) is 0 Å². The van der Waals surface area contributed by atoms with Gasteiger partial charge in [0.1, 0.15) is 6.04 Å². The summed E-state index contributed by atoms with van der Waals surface area (Å²) in [5, 5.41) is 0. The molecule has 78 valence electrons. The first-order valence-corrected chi connectivity index (χ1v) is 4.07. The van der Waals surface area contributed by atoms with Crippen LogP contribution in [0.25, 0.3) is 0 Å². The number of alkyl halides is 3. The van der Waals surface area contributed by atoms with Crippen molar-refractivity contribution in [3.8, 4) is 0 Å². The maximum Gasteiger partial charge on any atom is 0.407 e. The Labute approximate surface area is 79.7 Å². The molecule has 0 aliphatic rings. The Morgan fingerprint density at radius 3 is 2.29 bits per heavy atom. The molecule has 1 aromatic rings. The molecule has 0 unspecified atom stereocenters. The molecular weight excluding hydrogens is 193 g/mol. The van der Waals surface area contributed by atoms with Crippen molar-refractivity contribution in [2.24, 2.45) is 11.5 Å². The summed E-state index contributed by atoms with van der Waals surface area (Å²) in [5.74, 6) is 0. The van der Waals surface area contributed by atoms with Crippen LogP contribution in [0.4, 0.5) is 13.2 Å². The Hall–Kier alpha value is -1.07. The van der Waals surface area contributed by atoms with Crippen molar-refractivity contribution in [2.75, 3.05) is 0 Å². The topological polar surface area (TPSA) is 52.0 Å². The molecule has 0 amide bonds. The summed E-state index contributed by atoms with van der Waals surface area (Å²) >= 11 is 0. The Morgan fingerprint density at radius 1 is 1.21 bits per heavy atom. The molecule has 14 heavy (non-hydrogen) atoms. The summed E-state index contributed by atoms with van der Waals surface area (Å²) in [6.07, 6.45) is -4.43. The predicted octanol–water partition coefficient (Wildman–Crippen LogP) is 1.71. The molecule has 1 atom stereocenters. The van der Waals surface area contributed by atoms with Crippen LogP contribution in [0.5, 0.6) is 0 Å². The summed E-state index contributed by atoms with van der Waals surface area (Å²) < 4.78 is 36.9. The van der Waals surface area contributed by atoms with Crippen LogP contribution in [0.2, 0.25) is 0 Å². The van der Waals surface area contributed by atoms with Gasteiger partial charge < -0.3 is 11.5 Å². The average Bonchev–Trinajstić information content (AvgIpc) is 2.15. The number of rotatable bonds is 2. The molecule has 4 N–H and O–H groups in total. The molecule has 0 saturated carbocycles. The first-order chi connectivity index (χ1) is 6.46. The second-order valence-corrected chi connectivity index (χ2v) is 2.92. The third kappa shape index (κ3) is 2.24. The van der Waals surface area contributed by atoms with Gasteiger partial charge in [-0.1, -0.05) is 24.3 Å². The number of halogens is 3. The minimum atomic E-state index is -4.43. The first kappa shape index (κ1) is 11.0. The third-order valence-electron chi connectivity index (χ3n) is 1.96. The highest BCUT2D eigenvalue weighted by Crippen LogP contribution is 2.31. The summed E-state index contributed by atoms with van der Waals surface area (Å²) in [6, 6.07) is 4.08. The lowest BCUT2D eigenvalue weighted by Crippen LogP contribution is -2.29. The smallest absolute Gasteiger partial charge is 0.326 e. The van der Waals surface area contributed by atoms with Gasteiger partial charge in [0, 0.05) is 6.54 Å². The van der Waals surface area contributed by atoms with Crippen LogP contribution in [-0.2, 0) is 6.54 Å². The van der Waals surface area contributed by atoms with Gasteiger partial charge in [-0.05, 0) is 11.1 Å². The van der Waals surface area contributed by atoms with E-state index in [0.29, 0.717) is 5.56 Å². The van der Waals surface area contributed by atoms with Crippen molar-refractivity contribution in [2.45, 2.75) is 18.8 Å². The molecule has 1 rings (SSSR count). The first-order valence-electron chi connectivity index (χ1n) is 4.07. The monoisotopic (exact) mass is 204 g/mol. The van der Waals surface area contributed by atoms with E-state index in [1.54, 1.807) is 12.1 Å². The minimum Gasteiger partial charge on any atom is -0.326 e. The molecule has 0 bridgehead atoms. The number of hydrogen-bond acceptors (Lipinski definition) is 2. The SMILES string of the molecule is NCc1ccccc1[C@H](N)C(F)(F)F. The van der Waals surface area contributed by atoms with Crippen molar-refractivity contribution < 1.29 is 13.2 Å². The van der Waals surface area contributed by atoms with Crippen LogP contribution >= 0.6 is 0 Å². The van der Waals surface area contributed by atoms with Gasteiger partial charge in [-0.3, -0.25) is 0 Å². The maximum atomic E-state index is 12.3. The standard InChI is InChI=1S/C9H11F3N2/c10-9(11,12)8(14)7-4-2-1-3-6(7)5-13/h1-4,8H,5,13-14H2/t8-/m0/s1. The fourth-order valence-electron chi connectivity index (χ4n) is 1.20. The van der Waals surface area contributed by atoms with E-state index < -0.39 is 12.2 Å². The van der Waals surface area contributed by atoms with Gasteiger partial charge >= 0.3 is 6.18 Å². The van der Waals surface area contributed by atoms with Gasteiger partial charge in [0.05, 0.1) is 0 Å². The van der Waals surface area contributed by atoms with Gasteiger partial charge in [0.15, 0.2) is 0 Å². The van der Waals surface area contributed by atoms with E-state index in [-0.39, 0.29) is 12.1 Å². The van der Waals surface area contributed by atoms with Crippen molar-refractivity contribution in [3.05, 3.63) is 35.4 Å². The van der Waals surface area contributed by atoms with Crippen molar-refractivity contribution in [3.63, 3.8) is 0 Å². The molecule has 0 radical (unpaired) electrons. The van der Waals surface area contributed by atoms with Crippen LogP contribution in [0.1, 0.15) is 17.2 Å². The Kier molecular flexibility index (Phi) is 3.13. The molecule has 0 aliphatic heterocycles. The van der Waals surface area contributed by atoms with Crippen LogP contribution in [-0.4, -0.2) is 6.18 Å². The van der Waals surface area contributed by atoms with E-state index in [1.165, 1.54) is 12.1 Å². The molecule has 5 heteroatoms. The molecule has 2 nitrogen and oxygen atoms in total. The van der Waals surface area contributed by atoms with Crippen molar-refractivity contribution in [1.29, 1.82) is 0 Å². The highest BCUT2D eigenvalue weighted by atomic mass is 19.4. The summed E-state index contributed by atoms with van der Waals surface area (Å²) in [4.78, 5) is 0. The lowest BCUT2D eigenvalue weighted by atomic mass is 10.0. The zero-order valence-electron chi connectivity index (χ0n) is 7.38. The Balaban J connectivity index is 3.06. The average molecular weight is 204 g/mol. The van der Waals surface area contributed by atoms with E-state index in [2.05, 4.69) is 0 Å². The predicted molar refractivity (Wildman–Crippen MR) is 47.3 cm³/mol. The normalized spacial score (nSPS) is 14.1. The molecular formula is C9H11F3N2. The summed E-state index contributed by atoms with van der Waals surface area (Å²) in [5.41, 5.74) is 10.8. The molecule has 0 spiro atoms. The van der Waals surface area contributed by atoms with Gasteiger partial charge in [-0.2, -0.15) is 13.2 Å². The number of hydrogen-bond donors (Lipinski definition) is 2. The fourth-order valence-corrected chi connectivity index (χ4v) is 1.20. The second-order valence-electron chi connectivity index (χ2n) is 2.92. The van der Waals surface area contributed by atoms with E-state index in [4.69, 9.17) is 11.5 Å². The Morgan fingerprint density at radius 2 is 1.79 bits per heavy atom. The van der Waals surface area contributed by atoms with E-state index >= 15 is 0 Å². The molecule has 0 heterocycles. The molecule has 1 aromatic carbocycles. The molecule has 0 fully saturated rings. The number of benzene rings is 1. The lowest BCUT2D eigenvalue weighted by Gasteiger charge is -2.18. The lowest BCUT2D eigenvalue weighted by molar-refractivity contribution is -0.149. The van der Waals surface area contributed by atoms with Crippen molar-refractivity contribution >= 4 is 0 Å². The maximum absolute atomic E-state index is 12.3. The zero-order valence-corrected chi connectivity index (χ0v) is 7.38. The highest BCUT2D eigenvalue weighted by Gasteiger charge is 2.38. The summed E-state index contributed by atoms with van der Waals surface area (Å²) in [6.45, 7) is 0.0555. The quantitative estimate of drug-likeness (QED) is 0.770. The van der Waals surface area contributed by atoms with Crippen LogP contribution in [0.15, 0.2) is 24.3 Å². The van der Waals surface area contributed by atoms with E-state index in [0.717, 1.165) is 0 Å². The van der Waals surface area contributed by atoms with Crippen LogP contribution in [0.3, 0.4) is 0 Å². The van der Waals surface area contributed by atoms with E-state index in [9.17, 15) is 13.2 Å². The van der Waals surface area contributed by atoms with Gasteiger partial charge in [0.2, 0.25) is 0 Å². The minimum absolute atomic E-state index is 0.0440. The summed E-state index contributed by atoms with van der Waals surface area (Å²) in [7, 11) is 0. The number of nitrogens with two attached hydrogens (primary N) is 2. The Bertz CT molecular complexity index is 309. The highest BCUT2D eigenvalue weighted by molar-refractivity contribution is 5.30. The van der Waals surface area contributed by atoms with Gasteiger partial charge in [0.25, 0.3) is 0 Å². The fraction of sp³-hybridized carbons (Fsp3) is 0.333.